The van der Waals surface area contributed by atoms with Crippen LogP contribution in [0.5, 0.6) is 5.75 Å². The lowest BCUT2D eigenvalue weighted by Crippen LogP contribution is -2.23. The quantitative estimate of drug-likeness (QED) is 0.658. The highest BCUT2D eigenvalue weighted by molar-refractivity contribution is 7.91. The van der Waals surface area contributed by atoms with Crippen molar-refractivity contribution in [1.29, 1.82) is 0 Å². The molecule has 2 heterocycles. The third-order valence-corrected chi connectivity index (χ3v) is 7.76. The van der Waals surface area contributed by atoms with Crippen LogP contribution in [-0.4, -0.2) is 19.4 Å². The largest absolute Gasteiger partial charge is 0.508 e. The van der Waals surface area contributed by atoms with Crippen molar-refractivity contribution in [1.82, 2.24) is 0 Å². The maximum absolute atomic E-state index is 13.1. The van der Waals surface area contributed by atoms with Crippen LogP contribution in [0, 0.1) is 0 Å². The van der Waals surface area contributed by atoms with E-state index in [1.54, 1.807) is 29.6 Å². The molecule has 1 amide bonds. The molecule has 1 aliphatic rings. The monoisotopic (exact) mass is 419 g/mol. The van der Waals surface area contributed by atoms with Crippen molar-refractivity contribution in [3.63, 3.8) is 0 Å². The van der Waals surface area contributed by atoms with E-state index in [9.17, 15) is 18.3 Å². The van der Waals surface area contributed by atoms with E-state index in [0.717, 1.165) is 10.4 Å². The first kappa shape index (κ1) is 18.0. The Labute approximate surface area is 165 Å². The second-order valence-electron chi connectivity index (χ2n) is 6.19. The van der Waals surface area contributed by atoms with Gasteiger partial charge in [-0.3, -0.25) is 4.79 Å². The standard InChI is InChI=1S/C19H14ClNO4S2/c20-12-3-7-14(8-4-12)27(24,25)16-10-26-19-15(9-17(23)21-18(16)19)11-1-5-13(22)6-2-11/h1-8,10,15,22H,9H2,(H,21,23). The molecule has 0 spiro atoms. The van der Waals surface area contributed by atoms with Crippen LogP contribution in [0.25, 0.3) is 0 Å². The summed E-state index contributed by atoms with van der Waals surface area (Å²) in [6, 6.07) is 12.5. The first-order valence-electron chi connectivity index (χ1n) is 8.07. The molecule has 1 aromatic heterocycles. The van der Waals surface area contributed by atoms with E-state index in [2.05, 4.69) is 5.32 Å². The molecule has 1 atom stereocenters. The molecular weight excluding hydrogens is 406 g/mol. The van der Waals surface area contributed by atoms with Gasteiger partial charge in [-0.05, 0) is 42.0 Å². The number of halogens is 1. The number of phenolic OH excluding ortho intramolecular Hbond substituents is 1. The highest BCUT2D eigenvalue weighted by Gasteiger charge is 2.34. The molecule has 0 saturated carbocycles. The minimum Gasteiger partial charge on any atom is -0.508 e. The molecule has 1 aliphatic heterocycles. The number of rotatable bonds is 3. The summed E-state index contributed by atoms with van der Waals surface area (Å²) in [5, 5.41) is 14.2. The number of anilines is 1. The summed E-state index contributed by atoms with van der Waals surface area (Å²) in [6.45, 7) is 0. The molecule has 3 aromatic rings. The number of fused-ring (bicyclic) bond motifs is 1. The Morgan fingerprint density at radius 3 is 2.41 bits per heavy atom. The lowest BCUT2D eigenvalue weighted by molar-refractivity contribution is -0.116. The number of benzene rings is 2. The average molecular weight is 420 g/mol. The fourth-order valence-electron chi connectivity index (χ4n) is 3.12. The molecule has 1 unspecified atom stereocenters. The van der Waals surface area contributed by atoms with Crippen LogP contribution in [0.15, 0.2) is 63.7 Å². The van der Waals surface area contributed by atoms with Crippen molar-refractivity contribution in [2.75, 3.05) is 5.32 Å². The highest BCUT2D eigenvalue weighted by Crippen LogP contribution is 2.46. The molecule has 8 heteroatoms. The normalized spacial score (nSPS) is 16.6. The molecule has 0 fully saturated rings. The van der Waals surface area contributed by atoms with E-state index >= 15 is 0 Å². The topological polar surface area (TPSA) is 83.5 Å². The van der Waals surface area contributed by atoms with E-state index in [0.29, 0.717) is 10.7 Å². The summed E-state index contributed by atoms with van der Waals surface area (Å²) in [5.74, 6) is -0.364. The Morgan fingerprint density at radius 1 is 1.07 bits per heavy atom. The van der Waals surface area contributed by atoms with E-state index in [1.807, 2.05) is 0 Å². The Balaban J connectivity index is 1.82. The zero-order chi connectivity index (χ0) is 19.2. The first-order valence-corrected chi connectivity index (χ1v) is 10.8. The van der Waals surface area contributed by atoms with Gasteiger partial charge >= 0.3 is 0 Å². The highest BCUT2D eigenvalue weighted by atomic mass is 35.5. The zero-order valence-corrected chi connectivity index (χ0v) is 16.2. The molecule has 138 valence electrons. The number of hydrogen-bond acceptors (Lipinski definition) is 5. The molecule has 0 saturated heterocycles. The van der Waals surface area contributed by atoms with Crippen LogP contribution in [0.2, 0.25) is 5.02 Å². The van der Waals surface area contributed by atoms with Crippen LogP contribution in [0.1, 0.15) is 22.8 Å². The smallest absolute Gasteiger partial charge is 0.225 e. The van der Waals surface area contributed by atoms with Crippen LogP contribution in [0.3, 0.4) is 0 Å². The minimum absolute atomic E-state index is 0.0849. The molecule has 2 N–H and O–H groups in total. The Hall–Kier alpha value is -2.35. The van der Waals surface area contributed by atoms with Gasteiger partial charge in [0.05, 0.1) is 10.6 Å². The van der Waals surface area contributed by atoms with Crippen LogP contribution in [0.4, 0.5) is 5.69 Å². The summed E-state index contributed by atoms with van der Waals surface area (Å²) in [5.41, 5.74) is 1.19. The van der Waals surface area contributed by atoms with E-state index < -0.39 is 9.84 Å². The lowest BCUT2D eigenvalue weighted by Gasteiger charge is -2.23. The third-order valence-electron chi connectivity index (χ3n) is 4.47. The predicted octanol–water partition coefficient (Wildman–Crippen LogP) is 4.41. The molecule has 4 rings (SSSR count). The van der Waals surface area contributed by atoms with Gasteiger partial charge in [0.2, 0.25) is 15.7 Å². The van der Waals surface area contributed by atoms with Crippen LogP contribution < -0.4 is 5.32 Å². The zero-order valence-electron chi connectivity index (χ0n) is 13.8. The SMILES string of the molecule is O=C1CC(c2ccc(O)cc2)c2scc(S(=O)(=O)c3ccc(Cl)cc3)c2N1. The van der Waals surface area contributed by atoms with Crippen molar-refractivity contribution >= 4 is 44.4 Å². The molecule has 5 nitrogen and oxygen atoms in total. The van der Waals surface area contributed by atoms with E-state index in [-0.39, 0.29) is 33.8 Å². The molecule has 27 heavy (non-hydrogen) atoms. The minimum atomic E-state index is -3.79. The van der Waals surface area contributed by atoms with Crippen molar-refractivity contribution in [3.05, 3.63) is 69.4 Å². The number of sulfone groups is 1. The van der Waals surface area contributed by atoms with Gasteiger partial charge in [-0.2, -0.15) is 0 Å². The second-order valence-corrected chi connectivity index (χ2v) is 9.46. The van der Waals surface area contributed by atoms with Gasteiger partial charge in [0.1, 0.15) is 10.6 Å². The average Bonchev–Trinajstić information content (AvgIpc) is 3.06. The number of carbonyl (C=O) groups is 1. The molecular formula is C19H14ClNO4S2. The van der Waals surface area contributed by atoms with Crippen LogP contribution in [-0.2, 0) is 14.6 Å². The molecule has 2 aromatic carbocycles. The van der Waals surface area contributed by atoms with Gasteiger partial charge in [-0.1, -0.05) is 23.7 Å². The van der Waals surface area contributed by atoms with Gasteiger partial charge in [0.25, 0.3) is 0 Å². The van der Waals surface area contributed by atoms with Gasteiger partial charge in [0, 0.05) is 27.6 Å². The number of amides is 1. The fourth-order valence-corrected chi connectivity index (χ4v) is 6.15. The number of hydrogen-bond donors (Lipinski definition) is 2. The number of carbonyl (C=O) groups excluding carboxylic acids is 1. The summed E-state index contributed by atoms with van der Waals surface area (Å²) >= 11 is 7.16. The summed E-state index contributed by atoms with van der Waals surface area (Å²) in [4.78, 5) is 13.3. The summed E-state index contributed by atoms with van der Waals surface area (Å²) in [6.07, 6.45) is 0.221. The molecule has 0 radical (unpaired) electrons. The van der Waals surface area contributed by atoms with E-state index in [1.165, 1.54) is 35.6 Å². The Bertz CT molecular complexity index is 1120. The number of aromatic hydroxyl groups is 1. The first-order chi connectivity index (χ1) is 12.9. The van der Waals surface area contributed by atoms with E-state index in [4.69, 9.17) is 11.6 Å². The number of nitrogens with one attached hydrogen (secondary N) is 1. The fraction of sp³-hybridized carbons (Fsp3) is 0.105. The molecule has 0 aliphatic carbocycles. The van der Waals surface area contributed by atoms with Crippen LogP contribution >= 0.6 is 22.9 Å². The Kier molecular flexibility index (Phi) is 4.46. The number of phenols is 1. The molecule has 0 bridgehead atoms. The van der Waals surface area contributed by atoms with Gasteiger partial charge in [0.15, 0.2) is 0 Å². The Morgan fingerprint density at radius 2 is 1.74 bits per heavy atom. The predicted molar refractivity (Wildman–Crippen MR) is 104 cm³/mol. The lowest BCUT2D eigenvalue weighted by atomic mass is 9.91. The maximum Gasteiger partial charge on any atom is 0.225 e. The van der Waals surface area contributed by atoms with Crippen molar-refractivity contribution in [3.8, 4) is 5.75 Å². The van der Waals surface area contributed by atoms with Gasteiger partial charge < -0.3 is 10.4 Å². The summed E-state index contributed by atoms with van der Waals surface area (Å²) in [7, 11) is -3.79. The summed E-state index contributed by atoms with van der Waals surface area (Å²) < 4.78 is 26.1. The second kappa shape index (κ2) is 6.67. The third kappa shape index (κ3) is 3.22. The van der Waals surface area contributed by atoms with Crippen molar-refractivity contribution < 1.29 is 18.3 Å². The van der Waals surface area contributed by atoms with Gasteiger partial charge in [-0.25, -0.2) is 8.42 Å². The number of thiophene rings is 1. The maximum atomic E-state index is 13.1. The van der Waals surface area contributed by atoms with Crippen molar-refractivity contribution in [2.24, 2.45) is 0 Å². The van der Waals surface area contributed by atoms with Gasteiger partial charge in [-0.15, -0.1) is 11.3 Å². The van der Waals surface area contributed by atoms with Crippen molar-refractivity contribution in [2.45, 2.75) is 22.1 Å².